The Morgan fingerprint density at radius 2 is 1.52 bits per heavy atom. The van der Waals surface area contributed by atoms with Crippen molar-refractivity contribution in [3.8, 4) is 11.5 Å². The number of aliphatic carboxylic acids is 1. The van der Waals surface area contributed by atoms with Crippen LogP contribution in [0.25, 0.3) is 0 Å². The standard InChI is InChI=1S/C30H38F3N3O3.C2HF3O2/c1-38-25-13-10-21(18-26(25)39-2)29-15-14-23(19-27(29)36(17-16-29)24-6-4-3-5-7-24)35-28(37)34-22-11-8-20(9-12-22)30(31,32)33;3-2(4,5)1(6)7/h8-13,18,23-24,27H,3-7,14-17,19H2,1-2H3,(H2,34,35,37);(H,6,7)/t23-,27+,29+;/m1./s1. The number of likely N-dealkylation sites (tertiary alicyclic amines) is 1. The SMILES string of the molecule is COc1ccc([C@@]23CC[C@@H](NC(=O)Nc4ccc(C(F)(F)F)cc4)C[C@@H]2N(C2CCCCC2)CC3)cc1OC.O=C(O)C(F)(F)F. The fourth-order valence-corrected chi connectivity index (χ4v) is 7.14. The first-order valence-corrected chi connectivity index (χ1v) is 15.2. The lowest BCUT2D eigenvalue weighted by atomic mass is 9.64. The molecule has 14 heteroatoms. The molecule has 0 spiro atoms. The number of fused-ring (bicyclic) bond motifs is 1. The summed E-state index contributed by atoms with van der Waals surface area (Å²) >= 11 is 0. The van der Waals surface area contributed by atoms with Crippen LogP contribution in [0.1, 0.15) is 68.9 Å². The van der Waals surface area contributed by atoms with Crippen molar-refractivity contribution >= 4 is 17.7 Å². The van der Waals surface area contributed by atoms with Crippen LogP contribution in [0.2, 0.25) is 0 Å². The number of rotatable bonds is 6. The highest BCUT2D eigenvalue weighted by atomic mass is 19.4. The predicted molar refractivity (Wildman–Crippen MR) is 158 cm³/mol. The molecule has 2 saturated carbocycles. The Hall–Kier alpha value is -3.68. The van der Waals surface area contributed by atoms with Crippen LogP contribution in [0, 0.1) is 0 Å². The number of carboxylic acid groups (broad SMARTS) is 1. The Labute approximate surface area is 263 Å². The van der Waals surface area contributed by atoms with Gasteiger partial charge in [0.05, 0.1) is 19.8 Å². The van der Waals surface area contributed by atoms with Crippen LogP contribution in [0.3, 0.4) is 0 Å². The fourth-order valence-electron chi connectivity index (χ4n) is 7.14. The van der Waals surface area contributed by atoms with Gasteiger partial charge in [-0.05, 0) is 87.0 Å². The minimum Gasteiger partial charge on any atom is -0.493 e. The van der Waals surface area contributed by atoms with Gasteiger partial charge < -0.3 is 25.2 Å². The summed E-state index contributed by atoms with van der Waals surface area (Å²) < 4.78 is 81.5. The van der Waals surface area contributed by atoms with E-state index < -0.39 is 23.9 Å². The molecule has 2 aromatic rings. The van der Waals surface area contributed by atoms with Crippen molar-refractivity contribution in [1.82, 2.24) is 10.2 Å². The minimum absolute atomic E-state index is 0.0260. The zero-order chi connectivity index (χ0) is 33.7. The van der Waals surface area contributed by atoms with Gasteiger partial charge in [0.2, 0.25) is 0 Å². The molecule has 254 valence electrons. The molecule has 1 aliphatic heterocycles. The van der Waals surface area contributed by atoms with Gasteiger partial charge in [-0.1, -0.05) is 25.3 Å². The zero-order valence-electron chi connectivity index (χ0n) is 25.6. The first-order valence-electron chi connectivity index (χ1n) is 15.2. The molecule has 1 saturated heterocycles. The van der Waals surface area contributed by atoms with E-state index in [-0.39, 0.29) is 23.5 Å². The number of carbonyl (C=O) groups excluding carboxylic acids is 1. The summed E-state index contributed by atoms with van der Waals surface area (Å²) in [6.07, 6.45) is 0.391. The Morgan fingerprint density at radius 1 is 0.891 bits per heavy atom. The van der Waals surface area contributed by atoms with Crippen molar-refractivity contribution in [2.45, 2.75) is 93.7 Å². The first-order chi connectivity index (χ1) is 21.7. The summed E-state index contributed by atoms with van der Waals surface area (Å²) in [4.78, 5) is 24.5. The molecule has 0 radical (unpaired) electrons. The molecule has 3 aliphatic rings. The topological polar surface area (TPSA) is 100 Å². The Bertz CT molecular complexity index is 1350. The number of benzene rings is 2. The van der Waals surface area contributed by atoms with E-state index in [1.54, 1.807) is 14.2 Å². The molecule has 1 heterocycles. The molecule has 3 N–H and O–H groups in total. The number of amides is 2. The van der Waals surface area contributed by atoms with Crippen molar-refractivity contribution in [3.05, 3.63) is 53.6 Å². The summed E-state index contributed by atoms with van der Waals surface area (Å²) in [5.41, 5.74) is 0.826. The smallest absolute Gasteiger partial charge is 0.490 e. The van der Waals surface area contributed by atoms with Gasteiger partial charge in [0, 0.05) is 29.2 Å². The lowest BCUT2D eigenvalue weighted by Gasteiger charge is -2.47. The molecule has 0 bridgehead atoms. The highest BCUT2D eigenvalue weighted by Crippen LogP contribution is 2.51. The summed E-state index contributed by atoms with van der Waals surface area (Å²) in [5.74, 6) is -1.31. The number of methoxy groups -OCH3 is 2. The number of anilines is 1. The van der Waals surface area contributed by atoms with Crippen molar-refractivity contribution in [1.29, 1.82) is 0 Å². The lowest BCUT2D eigenvalue weighted by Crippen LogP contribution is -2.55. The highest BCUT2D eigenvalue weighted by molar-refractivity contribution is 5.89. The van der Waals surface area contributed by atoms with E-state index in [1.807, 2.05) is 6.07 Å². The molecule has 0 unspecified atom stereocenters. The van der Waals surface area contributed by atoms with E-state index in [1.165, 1.54) is 49.8 Å². The van der Waals surface area contributed by atoms with Gasteiger partial charge >= 0.3 is 24.4 Å². The highest BCUT2D eigenvalue weighted by Gasteiger charge is 2.53. The van der Waals surface area contributed by atoms with Crippen LogP contribution in [-0.2, 0) is 16.4 Å². The first kappa shape index (κ1) is 35.2. The van der Waals surface area contributed by atoms with Crippen LogP contribution in [0.4, 0.5) is 36.8 Å². The van der Waals surface area contributed by atoms with Gasteiger partial charge in [0.1, 0.15) is 0 Å². The van der Waals surface area contributed by atoms with Crippen molar-refractivity contribution in [3.63, 3.8) is 0 Å². The van der Waals surface area contributed by atoms with Crippen molar-refractivity contribution in [2.24, 2.45) is 0 Å². The molecule has 2 aliphatic carbocycles. The molecular weight excluding hydrogens is 620 g/mol. The van der Waals surface area contributed by atoms with Crippen LogP contribution in [-0.4, -0.2) is 67.1 Å². The fraction of sp³-hybridized carbons (Fsp3) is 0.562. The van der Waals surface area contributed by atoms with Gasteiger partial charge in [-0.25, -0.2) is 9.59 Å². The van der Waals surface area contributed by atoms with Gasteiger partial charge in [-0.3, -0.25) is 4.90 Å². The molecule has 2 aromatic carbocycles. The van der Waals surface area contributed by atoms with Gasteiger partial charge in [-0.15, -0.1) is 0 Å². The second-order valence-corrected chi connectivity index (χ2v) is 12.0. The number of nitrogens with one attached hydrogen (secondary N) is 2. The van der Waals surface area contributed by atoms with Crippen LogP contribution in [0.15, 0.2) is 42.5 Å². The number of halogens is 6. The Kier molecular flexibility index (Phi) is 11.0. The Morgan fingerprint density at radius 3 is 2.09 bits per heavy atom. The molecule has 3 atom stereocenters. The third-order valence-corrected chi connectivity index (χ3v) is 9.35. The van der Waals surface area contributed by atoms with E-state index >= 15 is 0 Å². The second-order valence-electron chi connectivity index (χ2n) is 12.0. The number of urea groups is 1. The van der Waals surface area contributed by atoms with E-state index in [0.717, 1.165) is 50.1 Å². The van der Waals surface area contributed by atoms with E-state index in [4.69, 9.17) is 19.4 Å². The van der Waals surface area contributed by atoms with Crippen LogP contribution < -0.4 is 20.1 Å². The number of nitrogens with zero attached hydrogens (tertiary/aromatic N) is 1. The number of carboxylic acids is 1. The third-order valence-electron chi connectivity index (χ3n) is 9.35. The number of hydrogen-bond donors (Lipinski definition) is 3. The molecule has 5 rings (SSSR count). The lowest BCUT2D eigenvalue weighted by molar-refractivity contribution is -0.192. The third kappa shape index (κ3) is 8.18. The van der Waals surface area contributed by atoms with Crippen molar-refractivity contribution < 1.29 is 50.5 Å². The summed E-state index contributed by atoms with van der Waals surface area (Å²) in [7, 11) is 3.31. The van der Waals surface area contributed by atoms with Crippen LogP contribution in [0.5, 0.6) is 11.5 Å². The van der Waals surface area contributed by atoms with Gasteiger partial charge in [0.25, 0.3) is 0 Å². The summed E-state index contributed by atoms with van der Waals surface area (Å²) in [6.45, 7) is 1.04. The molecule has 3 fully saturated rings. The van der Waals surface area contributed by atoms with Crippen LogP contribution >= 0.6 is 0 Å². The predicted octanol–water partition coefficient (Wildman–Crippen LogP) is 7.37. The zero-order valence-corrected chi connectivity index (χ0v) is 25.6. The van der Waals surface area contributed by atoms with Crippen molar-refractivity contribution in [2.75, 3.05) is 26.1 Å². The monoisotopic (exact) mass is 659 g/mol. The van der Waals surface area contributed by atoms with E-state index in [0.29, 0.717) is 17.5 Å². The molecular formula is C32H39F6N3O5. The summed E-state index contributed by atoms with van der Waals surface area (Å²) in [5, 5.41) is 12.9. The molecule has 2 amide bonds. The molecule has 8 nitrogen and oxygen atoms in total. The number of ether oxygens (including phenoxy) is 2. The van der Waals surface area contributed by atoms with Gasteiger partial charge in [-0.2, -0.15) is 26.3 Å². The number of hydrogen-bond acceptors (Lipinski definition) is 5. The maximum atomic E-state index is 12.9. The number of carbonyl (C=O) groups is 2. The normalized spacial score (nSPS) is 23.8. The maximum absolute atomic E-state index is 12.9. The number of alkyl halides is 6. The quantitative estimate of drug-likeness (QED) is 0.280. The van der Waals surface area contributed by atoms with E-state index in [2.05, 4.69) is 27.7 Å². The van der Waals surface area contributed by atoms with Gasteiger partial charge in [0.15, 0.2) is 11.5 Å². The summed E-state index contributed by atoms with van der Waals surface area (Å²) in [6, 6.07) is 11.2. The molecule has 0 aromatic heterocycles. The van der Waals surface area contributed by atoms with E-state index in [9.17, 15) is 31.1 Å². The Balaban J connectivity index is 0.000000617. The molecule has 46 heavy (non-hydrogen) atoms. The maximum Gasteiger partial charge on any atom is 0.490 e. The largest absolute Gasteiger partial charge is 0.493 e. The minimum atomic E-state index is -5.08. The average Bonchev–Trinajstić information content (AvgIpc) is 3.40. The second kappa shape index (κ2) is 14.4. The average molecular weight is 660 g/mol.